The van der Waals surface area contributed by atoms with Gasteiger partial charge in [-0.15, -0.1) is 0 Å². The quantitative estimate of drug-likeness (QED) is 0.452. The number of aliphatic hydroxyl groups excluding tert-OH is 1. The number of hydrogen-bond donors (Lipinski definition) is 4. The van der Waals surface area contributed by atoms with Gasteiger partial charge in [-0.2, -0.15) is 0 Å². The summed E-state index contributed by atoms with van der Waals surface area (Å²) < 4.78 is 22.3. The number of hydrogen-bond acceptors (Lipinski definition) is 5. The third-order valence-corrected chi connectivity index (χ3v) is 1.93. The second-order valence-corrected chi connectivity index (χ2v) is 3.38. The SMILES string of the molecule is NCCCO.O=[PH](O)O[PH](=O)O. The number of nitrogens with two attached hydrogens (primary N) is 1. The highest BCUT2D eigenvalue weighted by atomic mass is 31.2. The lowest BCUT2D eigenvalue weighted by Gasteiger charge is -1.86. The molecule has 12 heavy (non-hydrogen) atoms. The molecule has 0 aliphatic rings. The Morgan fingerprint density at radius 3 is 1.67 bits per heavy atom. The van der Waals surface area contributed by atoms with Gasteiger partial charge in [0.2, 0.25) is 0 Å². The van der Waals surface area contributed by atoms with E-state index in [1.54, 1.807) is 0 Å². The number of rotatable bonds is 4. The van der Waals surface area contributed by atoms with Gasteiger partial charge in [0, 0.05) is 6.61 Å². The molecular weight excluding hydrogens is 208 g/mol. The molecular formula is C3H13NO6P2. The Labute approximate surface area is 71.1 Å². The van der Waals surface area contributed by atoms with Crippen LogP contribution in [0.3, 0.4) is 0 Å². The van der Waals surface area contributed by atoms with E-state index in [1.165, 1.54) is 0 Å². The molecule has 0 aliphatic carbocycles. The van der Waals surface area contributed by atoms with Crippen molar-refractivity contribution in [2.45, 2.75) is 6.42 Å². The minimum atomic E-state index is -3.20. The second kappa shape index (κ2) is 11.3. The molecule has 0 aromatic rings. The van der Waals surface area contributed by atoms with Crippen molar-refractivity contribution in [2.24, 2.45) is 5.73 Å². The van der Waals surface area contributed by atoms with Crippen molar-refractivity contribution in [3.8, 4) is 0 Å². The summed E-state index contributed by atoms with van der Waals surface area (Å²) in [5.74, 6) is 0. The van der Waals surface area contributed by atoms with Gasteiger partial charge in [0.15, 0.2) is 0 Å². The maximum Gasteiger partial charge on any atom is 0.323 e. The Morgan fingerprint density at radius 2 is 1.67 bits per heavy atom. The van der Waals surface area contributed by atoms with E-state index in [2.05, 4.69) is 4.31 Å². The van der Waals surface area contributed by atoms with E-state index < -0.39 is 16.5 Å². The fraction of sp³-hybridized carbons (Fsp3) is 1.00. The van der Waals surface area contributed by atoms with Crippen LogP contribution in [0.4, 0.5) is 0 Å². The van der Waals surface area contributed by atoms with Crippen molar-refractivity contribution in [3.63, 3.8) is 0 Å². The molecule has 0 bridgehead atoms. The Balaban J connectivity index is 0. The first kappa shape index (κ1) is 14.8. The molecule has 0 aromatic carbocycles. The number of aliphatic hydroxyl groups is 1. The van der Waals surface area contributed by atoms with Crippen molar-refractivity contribution in [2.75, 3.05) is 13.2 Å². The third kappa shape index (κ3) is 22.5. The van der Waals surface area contributed by atoms with Gasteiger partial charge in [0.25, 0.3) is 0 Å². The molecule has 2 atom stereocenters. The lowest BCUT2D eigenvalue weighted by molar-refractivity contribution is 0.291. The Hall–Kier alpha value is 0.260. The lowest BCUT2D eigenvalue weighted by atomic mass is 10.5. The van der Waals surface area contributed by atoms with E-state index in [9.17, 15) is 9.13 Å². The zero-order chi connectivity index (χ0) is 9.98. The van der Waals surface area contributed by atoms with Crippen molar-refractivity contribution < 1.29 is 28.3 Å². The van der Waals surface area contributed by atoms with Crippen LogP contribution in [0.25, 0.3) is 0 Å². The zero-order valence-corrected chi connectivity index (χ0v) is 8.27. The van der Waals surface area contributed by atoms with Crippen LogP contribution in [0.1, 0.15) is 6.42 Å². The summed E-state index contributed by atoms with van der Waals surface area (Å²) in [6, 6.07) is 0. The molecule has 0 radical (unpaired) electrons. The zero-order valence-electron chi connectivity index (χ0n) is 6.27. The van der Waals surface area contributed by atoms with E-state index in [0.29, 0.717) is 6.54 Å². The van der Waals surface area contributed by atoms with Crippen LogP contribution in [-0.4, -0.2) is 28.0 Å². The van der Waals surface area contributed by atoms with Gasteiger partial charge < -0.3 is 20.6 Å². The molecule has 0 saturated heterocycles. The highest BCUT2D eigenvalue weighted by molar-refractivity contribution is 7.46. The molecule has 0 aliphatic heterocycles. The van der Waals surface area contributed by atoms with Crippen LogP contribution in [-0.2, 0) is 13.4 Å². The maximum absolute atomic E-state index is 9.44. The van der Waals surface area contributed by atoms with Crippen molar-refractivity contribution >= 4 is 16.5 Å². The maximum atomic E-state index is 9.44. The van der Waals surface area contributed by atoms with Crippen LogP contribution >= 0.6 is 16.5 Å². The molecule has 0 rings (SSSR count). The minimum Gasteiger partial charge on any atom is -0.396 e. The van der Waals surface area contributed by atoms with E-state index in [0.717, 1.165) is 6.42 Å². The van der Waals surface area contributed by atoms with Gasteiger partial charge in [-0.25, -0.2) is 4.31 Å². The smallest absolute Gasteiger partial charge is 0.323 e. The van der Waals surface area contributed by atoms with Crippen molar-refractivity contribution in [1.29, 1.82) is 0 Å². The van der Waals surface area contributed by atoms with E-state index in [4.69, 9.17) is 20.6 Å². The fourth-order valence-corrected chi connectivity index (χ4v) is 0.764. The van der Waals surface area contributed by atoms with Crippen molar-refractivity contribution in [1.82, 2.24) is 0 Å². The summed E-state index contributed by atoms with van der Waals surface area (Å²) in [7, 11) is -6.40. The molecule has 2 unspecified atom stereocenters. The van der Waals surface area contributed by atoms with E-state index >= 15 is 0 Å². The lowest BCUT2D eigenvalue weighted by Crippen LogP contribution is -1.99. The summed E-state index contributed by atoms with van der Waals surface area (Å²) in [6.45, 7) is 0.812. The van der Waals surface area contributed by atoms with Crippen LogP contribution in [0.15, 0.2) is 0 Å². The molecule has 76 valence electrons. The Bertz CT molecular complexity index is 127. The molecule has 5 N–H and O–H groups in total. The topological polar surface area (TPSA) is 130 Å². The fourth-order valence-electron chi connectivity index (χ4n) is 0.166. The first-order valence-electron chi connectivity index (χ1n) is 2.99. The third-order valence-electron chi connectivity index (χ3n) is 0.537. The average molecular weight is 221 g/mol. The molecule has 0 saturated carbocycles. The normalized spacial score (nSPS) is 14.3. The van der Waals surface area contributed by atoms with Crippen LogP contribution in [0, 0.1) is 0 Å². The van der Waals surface area contributed by atoms with Gasteiger partial charge in [-0.3, -0.25) is 9.13 Å². The molecule has 0 amide bonds. The molecule has 9 heteroatoms. The average Bonchev–Trinajstić information content (AvgIpc) is 1.87. The van der Waals surface area contributed by atoms with E-state index in [1.807, 2.05) is 0 Å². The summed E-state index contributed by atoms with van der Waals surface area (Å²) in [5, 5.41) is 7.99. The Kier molecular flexibility index (Phi) is 13.9. The van der Waals surface area contributed by atoms with Gasteiger partial charge in [-0.1, -0.05) is 0 Å². The van der Waals surface area contributed by atoms with Gasteiger partial charge >= 0.3 is 16.5 Å². The Morgan fingerprint density at radius 1 is 1.25 bits per heavy atom. The second-order valence-electron chi connectivity index (χ2n) is 1.50. The standard InChI is InChI=1S/C3H9NO.H4O5P2/c4-2-1-3-5;1-6(2)5-7(3)4/h5H,1-4H2;6-7H,(H,1,2)(H,3,4). The van der Waals surface area contributed by atoms with Gasteiger partial charge in [0.05, 0.1) is 0 Å². The molecule has 0 fully saturated rings. The highest BCUT2D eigenvalue weighted by Crippen LogP contribution is 2.30. The summed E-state index contributed by atoms with van der Waals surface area (Å²) >= 11 is 0. The van der Waals surface area contributed by atoms with Crippen LogP contribution in [0.5, 0.6) is 0 Å². The molecule has 7 nitrogen and oxygen atoms in total. The summed E-state index contributed by atoms with van der Waals surface area (Å²) in [6.07, 6.45) is 0.722. The highest BCUT2D eigenvalue weighted by Gasteiger charge is 1.93. The predicted octanol–water partition coefficient (Wildman–Crippen LogP) is -0.905. The summed E-state index contributed by atoms with van der Waals surface area (Å²) in [5.41, 5.74) is 4.98. The largest absolute Gasteiger partial charge is 0.396 e. The predicted molar refractivity (Wildman–Crippen MR) is 44.3 cm³/mol. The molecule has 0 aromatic heterocycles. The first-order chi connectivity index (χ1) is 5.54. The summed E-state index contributed by atoms with van der Waals surface area (Å²) in [4.78, 5) is 15.4. The molecule has 0 heterocycles. The first-order valence-corrected chi connectivity index (χ1v) is 5.52. The van der Waals surface area contributed by atoms with E-state index in [-0.39, 0.29) is 6.61 Å². The monoisotopic (exact) mass is 221 g/mol. The van der Waals surface area contributed by atoms with Gasteiger partial charge in [0.1, 0.15) is 0 Å². The van der Waals surface area contributed by atoms with Crippen molar-refractivity contribution in [3.05, 3.63) is 0 Å². The van der Waals surface area contributed by atoms with Gasteiger partial charge in [-0.05, 0) is 13.0 Å². The minimum absolute atomic E-state index is 0.219. The van der Waals surface area contributed by atoms with Crippen LogP contribution < -0.4 is 5.73 Å². The molecule has 0 spiro atoms. The van der Waals surface area contributed by atoms with Crippen LogP contribution in [0.2, 0.25) is 0 Å².